The van der Waals surface area contributed by atoms with Crippen LogP contribution in [0.5, 0.6) is 0 Å². The molecule has 2 aromatic carbocycles. The minimum Gasteiger partial charge on any atom is -0.384 e. The number of hydrogen-bond acceptors (Lipinski definition) is 2. The highest BCUT2D eigenvalue weighted by atomic mass is 35.5. The third kappa shape index (κ3) is 2.95. The predicted octanol–water partition coefficient (Wildman–Crippen LogP) is 5.14. The molecule has 1 nitrogen and oxygen atoms in total. The highest BCUT2D eigenvalue weighted by Gasteiger charge is 2.26. The van der Waals surface area contributed by atoms with Crippen molar-refractivity contribution < 1.29 is 9.50 Å². The van der Waals surface area contributed by atoms with Gasteiger partial charge in [-0.15, -0.1) is 11.3 Å². The van der Waals surface area contributed by atoms with E-state index in [9.17, 15) is 9.50 Å². The summed E-state index contributed by atoms with van der Waals surface area (Å²) in [6.07, 6.45) is 0.341. The summed E-state index contributed by atoms with van der Waals surface area (Å²) in [7, 11) is 0. The second kappa shape index (κ2) is 5.41. The first-order valence-electron chi connectivity index (χ1n) is 6.61. The van der Waals surface area contributed by atoms with Gasteiger partial charge in [0.05, 0.1) is 10.6 Å². The number of hydrogen-bond donors (Lipinski definition) is 1. The van der Waals surface area contributed by atoms with E-state index in [1.165, 1.54) is 12.1 Å². The molecule has 0 amide bonds. The van der Waals surface area contributed by atoms with Gasteiger partial charge in [-0.25, -0.2) is 4.39 Å². The van der Waals surface area contributed by atoms with Gasteiger partial charge in [0.2, 0.25) is 0 Å². The van der Waals surface area contributed by atoms with Crippen LogP contribution >= 0.6 is 22.9 Å². The van der Waals surface area contributed by atoms with Crippen LogP contribution in [0, 0.1) is 5.82 Å². The number of rotatable bonds is 3. The molecule has 21 heavy (non-hydrogen) atoms. The average molecular weight is 321 g/mol. The normalized spacial score (nSPS) is 14.3. The van der Waals surface area contributed by atoms with Crippen LogP contribution in [0.4, 0.5) is 4.39 Å². The van der Waals surface area contributed by atoms with Crippen molar-refractivity contribution in [2.24, 2.45) is 0 Å². The first kappa shape index (κ1) is 14.5. The van der Waals surface area contributed by atoms with Gasteiger partial charge in [0, 0.05) is 16.0 Å². The molecule has 1 N–H and O–H groups in total. The third-order valence-corrected chi connectivity index (χ3v) is 5.16. The molecule has 0 saturated carbocycles. The van der Waals surface area contributed by atoms with E-state index in [0.29, 0.717) is 6.42 Å². The molecule has 0 bridgehead atoms. The topological polar surface area (TPSA) is 20.2 Å². The van der Waals surface area contributed by atoms with Gasteiger partial charge < -0.3 is 5.11 Å². The number of thiophene rings is 1. The Balaban J connectivity index is 1.93. The average Bonchev–Trinajstić information content (AvgIpc) is 2.87. The van der Waals surface area contributed by atoms with E-state index < -0.39 is 11.4 Å². The quantitative estimate of drug-likeness (QED) is 0.708. The molecule has 1 aromatic heterocycles. The number of benzene rings is 2. The maximum Gasteiger partial charge on any atom is 0.142 e. The Labute approximate surface area is 131 Å². The second-order valence-corrected chi connectivity index (χ2v) is 6.84. The summed E-state index contributed by atoms with van der Waals surface area (Å²) in [5.41, 5.74) is -0.316. The van der Waals surface area contributed by atoms with Crippen LogP contribution in [-0.4, -0.2) is 5.11 Å². The van der Waals surface area contributed by atoms with Crippen molar-refractivity contribution in [2.45, 2.75) is 18.9 Å². The fourth-order valence-electron chi connectivity index (χ4n) is 2.38. The zero-order valence-corrected chi connectivity index (χ0v) is 13.0. The molecule has 1 unspecified atom stereocenters. The molecular formula is C17H14ClFOS. The Hall–Kier alpha value is -1.42. The van der Waals surface area contributed by atoms with Crippen LogP contribution in [0.3, 0.4) is 0 Å². The van der Waals surface area contributed by atoms with Crippen molar-refractivity contribution in [3.8, 4) is 0 Å². The molecule has 0 aliphatic carbocycles. The third-order valence-electron chi connectivity index (χ3n) is 3.49. The smallest absolute Gasteiger partial charge is 0.142 e. The SMILES string of the molecule is CC(O)(Cc1ccc(Cl)c(F)c1)c1cc2ccccc2s1. The number of aliphatic hydroxyl groups is 1. The standard InChI is InChI=1S/C17H14ClFOS/c1-17(20,10-11-6-7-13(18)14(19)8-11)16-9-12-4-2-3-5-15(12)21-16/h2-9,20H,10H2,1H3. The first-order chi connectivity index (χ1) is 9.95. The van der Waals surface area contributed by atoms with E-state index in [1.807, 2.05) is 30.3 Å². The molecule has 0 aliphatic heterocycles. The zero-order valence-electron chi connectivity index (χ0n) is 11.4. The Morgan fingerprint density at radius 3 is 2.67 bits per heavy atom. The van der Waals surface area contributed by atoms with Gasteiger partial charge in [0.15, 0.2) is 0 Å². The highest BCUT2D eigenvalue weighted by molar-refractivity contribution is 7.19. The molecule has 3 aromatic rings. The Morgan fingerprint density at radius 1 is 1.19 bits per heavy atom. The van der Waals surface area contributed by atoms with Crippen LogP contribution in [0.25, 0.3) is 10.1 Å². The summed E-state index contributed by atoms with van der Waals surface area (Å²) in [6, 6.07) is 14.6. The summed E-state index contributed by atoms with van der Waals surface area (Å²) in [4.78, 5) is 0.874. The molecule has 0 saturated heterocycles. The fourth-order valence-corrected chi connectivity index (χ4v) is 3.61. The Morgan fingerprint density at radius 2 is 1.95 bits per heavy atom. The van der Waals surface area contributed by atoms with E-state index in [-0.39, 0.29) is 5.02 Å². The van der Waals surface area contributed by atoms with Gasteiger partial charge in [0.1, 0.15) is 5.82 Å². The van der Waals surface area contributed by atoms with Gasteiger partial charge in [-0.1, -0.05) is 35.9 Å². The van der Waals surface area contributed by atoms with E-state index >= 15 is 0 Å². The van der Waals surface area contributed by atoms with E-state index in [4.69, 9.17) is 11.6 Å². The lowest BCUT2D eigenvalue weighted by molar-refractivity contribution is 0.0615. The van der Waals surface area contributed by atoms with E-state index in [1.54, 1.807) is 24.3 Å². The van der Waals surface area contributed by atoms with Gasteiger partial charge in [0.25, 0.3) is 0 Å². The summed E-state index contributed by atoms with van der Waals surface area (Å²) in [5.74, 6) is -0.457. The van der Waals surface area contributed by atoms with Crippen molar-refractivity contribution in [3.63, 3.8) is 0 Å². The highest BCUT2D eigenvalue weighted by Crippen LogP contribution is 2.35. The Bertz CT molecular complexity index is 761. The predicted molar refractivity (Wildman–Crippen MR) is 86.5 cm³/mol. The molecule has 4 heteroatoms. The summed E-state index contributed by atoms with van der Waals surface area (Å²) < 4.78 is 14.6. The van der Waals surface area contributed by atoms with Gasteiger partial charge in [-0.05, 0) is 42.1 Å². The van der Waals surface area contributed by atoms with Gasteiger partial charge >= 0.3 is 0 Å². The largest absolute Gasteiger partial charge is 0.384 e. The molecule has 0 spiro atoms. The summed E-state index contributed by atoms with van der Waals surface area (Å²) in [5, 5.41) is 12.0. The van der Waals surface area contributed by atoms with Gasteiger partial charge in [-0.2, -0.15) is 0 Å². The molecule has 3 rings (SSSR count). The van der Waals surface area contributed by atoms with Crippen molar-refractivity contribution in [1.29, 1.82) is 0 Å². The zero-order chi connectivity index (χ0) is 15.0. The monoisotopic (exact) mass is 320 g/mol. The fraction of sp³-hybridized carbons (Fsp3) is 0.176. The molecule has 0 aliphatic rings. The maximum absolute atomic E-state index is 13.5. The van der Waals surface area contributed by atoms with E-state index in [0.717, 1.165) is 20.5 Å². The minimum atomic E-state index is -1.04. The number of halogens is 2. The molecular weight excluding hydrogens is 307 g/mol. The molecule has 1 atom stereocenters. The number of fused-ring (bicyclic) bond motifs is 1. The maximum atomic E-state index is 13.5. The first-order valence-corrected chi connectivity index (χ1v) is 7.80. The molecule has 0 fully saturated rings. The van der Waals surface area contributed by atoms with Gasteiger partial charge in [-0.3, -0.25) is 0 Å². The lowest BCUT2D eigenvalue weighted by atomic mass is 9.94. The van der Waals surface area contributed by atoms with Crippen molar-refractivity contribution in [3.05, 3.63) is 69.8 Å². The minimum absolute atomic E-state index is 0.0975. The van der Waals surface area contributed by atoms with Crippen LogP contribution in [0.2, 0.25) is 5.02 Å². The van der Waals surface area contributed by atoms with Crippen molar-refractivity contribution in [1.82, 2.24) is 0 Å². The lowest BCUT2D eigenvalue weighted by Crippen LogP contribution is -2.22. The van der Waals surface area contributed by atoms with Crippen molar-refractivity contribution in [2.75, 3.05) is 0 Å². The van der Waals surface area contributed by atoms with E-state index in [2.05, 4.69) is 0 Å². The molecule has 1 heterocycles. The van der Waals surface area contributed by atoms with Crippen LogP contribution in [-0.2, 0) is 12.0 Å². The van der Waals surface area contributed by atoms with Crippen molar-refractivity contribution >= 4 is 33.0 Å². The summed E-state index contributed by atoms with van der Waals surface area (Å²) >= 11 is 7.25. The lowest BCUT2D eigenvalue weighted by Gasteiger charge is -2.22. The van der Waals surface area contributed by atoms with Crippen LogP contribution < -0.4 is 0 Å². The van der Waals surface area contributed by atoms with Crippen LogP contribution in [0.15, 0.2) is 48.5 Å². The molecule has 108 valence electrons. The second-order valence-electron chi connectivity index (χ2n) is 5.35. The molecule has 0 radical (unpaired) electrons. The Kier molecular flexibility index (Phi) is 3.74. The van der Waals surface area contributed by atoms with Crippen LogP contribution in [0.1, 0.15) is 17.4 Å². The summed E-state index contributed by atoms with van der Waals surface area (Å²) in [6.45, 7) is 1.75.